The summed E-state index contributed by atoms with van der Waals surface area (Å²) in [6.07, 6.45) is 0. The third-order valence-corrected chi connectivity index (χ3v) is 5.50. The number of hydrogen-bond acceptors (Lipinski definition) is 5. The number of urea groups is 2. The molecule has 0 aliphatic heterocycles. The highest BCUT2D eigenvalue weighted by Gasteiger charge is 2.10. The maximum Gasteiger partial charge on any atom is 0.323 e. The third kappa shape index (κ3) is 8.32. The summed E-state index contributed by atoms with van der Waals surface area (Å²) in [4.78, 5) is 29.4. The first-order chi connectivity index (χ1) is 18.7. The summed E-state index contributed by atoms with van der Waals surface area (Å²) in [5.41, 5.74) is 12.9. The van der Waals surface area contributed by atoms with Crippen molar-refractivity contribution < 1.29 is 9.59 Å². The van der Waals surface area contributed by atoms with Crippen LogP contribution in [0.15, 0.2) is 76.8 Å². The molecule has 0 aliphatic rings. The lowest BCUT2D eigenvalue weighted by atomic mass is 10.1. The zero-order valence-corrected chi connectivity index (χ0v) is 22.1. The molecule has 12 nitrogen and oxygen atoms in total. The number of carbonyl (C=O) groups is 2. The fourth-order valence-electron chi connectivity index (χ4n) is 3.54. The second-order valence-electron chi connectivity index (χ2n) is 8.39. The van der Waals surface area contributed by atoms with Crippen molar-refractivity contribution in [2.24, 2.45) is 15.8 Å². The van der Waals surface area contributed by atoms with Crippen LogP contribution in [-0.4, -0.2) is 43.7 Å². The number of amidine groups is 1. The van der Waals surface area contributed by atoms with E-state index in [1.165, 1.54) is 0 Å². The van der Waals surface area contributed by atoms with Crippen LogP contribution in [0.5, 0.6) is 0 Å². The summed E-state index contributed by atoms with van der Waals surface area (Å²) >= 11 is 0. The van der Waals surface area contributed by atoms with Crippen LogP contribution < -0.4 is 37.7 Å². The van der Waals surface area contributed by atoms with Crippen LogP contribution in [0.1, 0.15) is 23.6 Å². The second-order valence-corrected chi connectivity index (χ2v) is 8.39. The Morgan fingerprint density at radius 1 is 0.821 bits per heavy atom. The zero-order valence-electron chi connectivity index (χ0n) is 22.1. The number of nitrogens with two attached hydrogens (primary N) is 1. The molecule has 0 saturated heterocycles. The highest BCUT2D eigenvalue weighted by Crippen LogP contribution is 2.21. The third-order valence-electron chi connectivity index (χ3n) is 5.50. The van der Waals surface area contributed by atoms with Gasteiger partial charge < -0.3 is 32.3 Å². The van der Waals surface area contributed by atoms with Crippen molar-refractivity contribution in [3.05, 3.63) is 83.4 Å². The van der Waals surface area contributed by atoms with Crippen molar-refractivity contribution in [2.75, 3.05) is 35.4 Å². The molecular weight excluding hydrogens is 496 g/mol. The molecule has 202 valence electrons. The summed E-state index contributed by atoms with van der Waals surface area (Å²) < 4.78 is 0. The number of rotatable bonds is 7. The van der Waals surface area contributed by atoms with Gasteiger partial charge in [-0.15, -0.1) is 0 Å². The highest BCUT2D eigenvalue weighted by atomic mass is 16.2. The number of anilines is 4. The molecule has 0 bridgehead atoms. The van der Waals surface area contributed by atoms with E-state index in [-0.39, 0.29) is 5.96 Å². The molecule has 39 heavy (non-hydrogen) atoms. The van der Waals surface area contributed by atoms with E-state index in [0.29, 0.717) is 28.5 Å². The molecule has 0 aliphatic carbocycles. The Hall–Kier alpha value is -5.39. The number of carbonyl (C=O) groups excluding carboxylic acids is 2. The lowest BCUT2D eigenvalue weighted by molar-refractivity contribution is 0.261. The van der Waals surface area contributed by atoms with Gasteiger partial charge in [0.15, 0.2) is 0 Å². The Balaban J connectivity index is 1.62. The molecule has 0 aromatic heterocycles. The predicted octanol–water partition coefficient (Wildman–Crippen LogP) is 4.09. The van der Waals surface area contributed by atoms with Crippen LogP contribution in [0, 0.1) is 12.3 Å². The normalized spacial score (nSPS) is 11.3. The molecule has 0 spiro atoms. The smallest absolute Gasteiger partial charge is 0.323 e. The van der Waals surface area contributed by atoms with Crippen molar-refractivity contribution in [1.29, 1.82) is 5.41 Å². The number of guanidine groups is 1. The molecule has 0 unspecified atom stereocenters. The fraction of sp³-hybridized carbons (Fsp3) is 0.148. The summed E-state index contributed by atoms with van der Waals surface area (Å²) in [5, 5.41) is 25.4. The SMILES string of the molecule is C/N=C(\NC)c1ccc(NC(=O)Nc2cc(NC(=O)Nc3cccc(/C(C)=N/NC(=N)N)c3)ccc2C)cc1. The number of hydrazone groups is 1. The topological polar surface area (TPSA) is 181 Å². The molecule has 0 radical (unpaired) electrons. The molecule has 3 aromatic carbocycles. The van der Waals surface area contributed by atoms with Crippen LogP contribution in [0.3, 0.4) is 0 Å². The number of hydrogen-bond donors (Lipinski definition) is 8. The van der Waals surface area contributed by atoms with Gasteiger partial charge in [-0.25, -0.2) is 15.0 Å². The lowest BCUT2D eigenvalue weighted by Crippen LogP contribution is -2.26. The van der Waals surface area contributed by atoms with E-state index in [2.05, 4.69) is 42.1 Å². The van der Waals surface area contributed by atoms with Gasteiger partial charge in [0.1, 0.15) is 5.84 Å². The summed E-state index contributed by atoms with van der Waals surface area (Å²) in [7, 11) is 3.50. The van der Waals surface area contributed by atoms with Crippen LogP contribution in [0.2, 0.25) is 0 Å². The van der Waals surface area contributed by atoms with Gasteiger partial charge in [-0.05, 0) is 73.5 Å². The molecule has 0 heterocycles. The summed E-state index contributed by atoms with van der Waals surface area (Å²) in [6.45, 7) is 3.61. The van der Waals surface area contributed by atoms with E-state index in [1.54, 1.807) is 69.6 Å². The second kappa shape index (κ2) is 13.2. The lowest BCUT2D eigenvalue weighted by Gasteiger charge is -2.13. The van der Waals surface area contributed by atoms with Gasteiger partial charge in [-0.3, -0.25) is 10.4 Å². The van der Waals surface area contributed by atoms with Gasteiger partial charge in [0.05, 0.1) is 5.71 Å². The van der Waals surface area contributed by atoms with Gasteiger partial charge in [0.2, 0.25) is 5.96 Å². The summed E-state index contributed by atoms with van der Waals surface area (Å²) in [6, 6.07) is 18.7. The fourth-order valence-corrected chi connectivity index (χ4v) is 3.54. The number of nitrogens with zero attached hydrogens (tertiary/aromatic N) is 2. The Morgan fingerprint density at radius 2 is 1.44 bits per heavy atom. The van der Waals surface area contributed by atoms with Crippen molar-refractivity contribution in [3.63, 3.8) is 0 Å². The van der Waals surface area contributed by atoms with Crippen LogP contribution in [0.4, 0.5) is 32.3 Å². The molecule has 0 fully saturated rings. The Morgan fingerprint density at radius 3 is 2.08 bits per heavy atom. The average Bonchev–Trinajstić information content (AvgIpc) is 2.91. The predicted molar refractivity (Wildman–Crippen MR) is 158 cm³/mol. The standard InChI is InChI=1S/C27H32N10O2/c1-16-8-11-22(34-26(38)33-21-7-5-6-19(14-21)17(2)36-37-25(28)29)15-23(16)35-27(39)32-20-12-9-18(10-13-20)24(30-3)31-4/h5-15H,1-4H3,(H,30,31)(H4,28,29,37)(H2,32,35,39)(H2,33,34,38)/b36-17+. The van der Waals surface area contributed by atoms with E-state index < -0.39 is 12.1 Å². The average molecular weight is 529 g/mol. The van der Waals surface area contributed by atoms with Crippen LogP contribution in [0.25, 0.3) is 0 Å². The minimum absolute atomic E-state index is 0.271. The first-order valence-electron chi connectivity index (χ1n) is 11.9. The van der Waals surface area contributed by atoms with E-state index in [4.69, 9.17) is 11.1 Å². The molecule has 3 rings (SSSR count). The monoisotopic (exact) mass is 528 g/mol. The number of benzene rings is 3. The van der Waals surface area contributed by atoms with E-state index in [0.717, 1.165) is 22.5 Å². The molecule has 0 atom stereocenters. The van der Waals surface area contributed by atoms with Crippen molar-refractivity contribution in [2.45, 2.75) is 13.8 Å². The Bertz CT molecular complexity index is 1410. The van der Waals surface area contributed by atoms with Crippen molar-refractivity contribution in [3.8, 4) is 0 Å². The van der Waals surface area contributed by atoms with E-state index >= 15 is 0 Å². The van der Waals surface area contributed by atoms with E-state index in [1.807, 2.05) is 25.1 Å². The minimum Gasteiger partial charge on any atom is -0.373 e. The molecule has 3 aromatic rings. The Labute approximate surface area is 226 Å². The number of nitrogens with one attached hydrogen (secondary N) is 7. The van der Waals surface area contributed by atoms with Gasteiger partial charge >= 0.3 is 12.1 Å². The van der Waals surface area contributed by atoms with Gasteiger partial charge in [-0.2, -0.15) is 5.10 Å². The Kier molecular flexibility index (Phi) is 9.57. The van der Waals surface area contributed by atoms with Crippen LogP contribution in [-0.2, 0) is 0 Å². The van der Waals surface area contributed by atoms with Gasteiger partial charge in [0.25, 0.3) is 0 Å². The van der Waals surface area contributed by atoms with Gasteiger partial charge in [-0.1, -0.05) is 18.2 Å². The highest BCUT2D eigenvalue weighted by molar-refractivity contribution is 6.04. The molecule has 4 amide bonds. The number of aryl methyl sites for hydroxylation is 1. The maximum absolute atomic E-state index is 12.6. The molecule has 9 N–H and O–H groups in total. The minimum atomic E-state index is -0.459. The molecular formula is C27H32N10O2. The van der Waals surface area contributed by atoms with Crippen molar-refractivity contribution in [1.82, 2.24) is 10.7 Å². The van der Waals surface area contributed by atoms with Crippen LogP contribution >= 0.6 is 0 Å². The van der Waals surface area contributed by atoms with Crippen molar-refractivity contribution >= 4 is 52.3 Å². The zero-order chi connectivity index (χ0) is 28.4. The van der Waals surface area contributed by atoms with Gasteiger partial charge in [0, 0.05) is 42.4 Å². The molecule has 12 heteroatoms. The largest absolute Gasteiger partial charge is 0.373 e. The summed E-state index contributed by atoms with van der Waals surface area (Å²) in [5.74, 6) is 0.473. The maximum atomic E-state index is 12.6. The quantitative estimate of drug-likeness (QED) is 0.130. The first kappa shape index (κ1) is 28.2. The molecule has 0 saturated carbocycles. The first-order valence-corrected chi connectivity index (χ1v) is 11.9. The number of amides is 4. The number of aliphatic imine (C=N–C) groups is 1. The van der Waals surface area contributed by atoms with E-state index in [9.17, 15) is 9.59 Å².